The zero-order valence-electron chi connectivity index (χ0n) is 19.9. The van der Waals surface area contributed by atoms with Gasteiger partial charge in [0.2, 0.25) is 11.8 Å². The predicted molar refractivity (Wildman–Crippen MR) is 145 cm³/mol. The largest absolute Gasteiger partial charge is 0.336 e. The average Bonchev–Trinajstić information content (AvgIpc) is 2.82. The van der Waals surface area contributed by atoms with Crippen molar-refractivity contribution >= 4 is 58.2 Å². The number of benzene rings is 2. The Morgan fingerprint density at radius 2 is 1.63 bits per heavy atom. The Labute approximate surface area is 227 Å². The summed E-state index contributed by atoms with van der Waals surface area (Å²) in [5.74, 6) is -0.256. The Morgan fingerprint density at radius 1 is 1.03 bits per heavy atom. The highest BCUT2D eigenvalue weighted by atomic mass is 35.5. The smallest absolute Gasteiger partial charge is 0.245 e. The van der Waals surface area contributed by atoms with Gasteiger partial charge in [0, 0.05) is 19.1 Å². The molecule has 2 N–H and O–H groups in total. The van der Waals surface area contributed by atoms with Gasteiger partial charge in [-0.3, -0.25) is 9.59 Å². The van der Waals surface area contributed by atoms with Crippen LogP contribution in [0.3, 0.4) is 0 Å². The summed E-state index contributed by atoms with van der Waals surface area (Å²) in [6.45, 7) is 5.01. The van der Waals surface area contributed by atoms with Crippen molar-refractivity contribution in [3.05, 3.63) is 67.6 Å². The number of hydrogen-bond acceptors (Lipinski definition) is 3. The molecule has 190 valence electrons. The summed E-state index contributed by atoms with van der Waals surface area (Å²) in [6.07, 6.45) is 3.35. The van der Waals surface area contributed by atoms with Crippen LogP contribution in [0.1, 0.15) is 44.2 Å². The van der Waals surface area contributed by atoms with Crippen molar-refractivity contribution in [3.8, 4) is 0 Å². The van der Waals surface area contributed by atoms with Gasteiger partial charge in [-0.2, -0.15) is 0 Å². The molecule has 2 amide bonds. The number of nitrogens with two attached hydrogens (primary N) is 1. The highest BCUT2D eigenvalue weighted by molar-refractivity contribution is 6.42. The highest BCUT2D eigenvalue weighted by Crippen LogP contribution is 2.26. The third kappa shape index (κ3) is 7.05. The van der Waals surface area contributed by atoms with E-state index in [4.69, 9.17) is 52.1 Å². The number of unbranched alkanes of at least 4 members (excludes halogenated alkanes) is 1. The van der Waals surface area contributed by atoms with Crippen LogP contribution >= 0.6 is 46.4 Å². The molecule has 0 unspecified atom stereocenters. The number of hydrogen-bond donors (Lipinski definition) is 1. The fourth-order valence-corrected chi connectivity index (χ4v) is 5.11. The SMILES string of the molecule is CCCC[C@H]1C(=O)N(CCc2ccc(Cl)c(Cl)c2)[C@H](C)CN1C(=O)[C@H](N)Cc1ccc(Cl)c(Cl)c1. The maximum absolute atomic E-state index is 13.6. The van der Waals surface area contributed by atoms with Crippen molar-refractivity contribution in [1.29, 1.82) is 0 Å². The van der Waals surface area contributed by atoms with Crippen LogP contribution in [0.4, 0.5) is 0 Å². The number of carbonyl (C=O) groups is 2. The fraction of sp³-hybridized carbons (Fsp3) is 0.462. The first-order valence-corrected chi connectivity index (χ1v) is 13.4. The van der Waals surface area contributed by atoms with E-state index in [0.29, 0.717) is 52.4 Å². The average molecular weight is 559 g/mol. The summed E-state index contributed by atoms with van der Waals surface area (Å²) in [4.78, 5) is 30.5. The van der Waals surface area contributed by atoms with E-state index in [1.54, 1.807) is 23.1 Å². The number of rotatable bonds is 9. The Kier molecular flexibility index (Phi) is 10.1. The van der Waals surface area contributed by atoms with Gasteiger partial charge in [-0.15, -0.1) is 0 Å². The topological polar surface area (TPSA) is 66.6 Å². The van der Waals surface area contributed by atoms with E-state index in [0.717, 1.165) is 24.0 Å². The second-order valence-electron chi connectivity index (χ2n) is 9.09. The molecule has 2 aromatic rings. The maximum Gasteiger partial charge on any atom is 0.245 e. The molecule has 0 aromatic heterocycles. The normalized spacial score (nSPS) is 19.2. The lowest BCUT2D eigenvalue weighted by Gasteiger charge is -2.45. The van der Waals surface area contributed by atoms with Crippen LogP contribution < -0.4 is 5.73 Å². The van der Waals surface area contributed by atoms with Gasteiger partial charge in [-0.05, 0) is 61.6 Å². The van der Waals surface area contributed by atoms with Crippen LogP contribution in [-0.4, -0.2) is 52.8 Å². The summed E-state index contributed by atoms with van der Waals surface area (Å²) in [7, 11) is 0. The fourth-order valence-electron chi connectivity index (χ4n) is 4.47. The van der Waals surface area contributed by atoms with Crippen molar-refractivity contribution in [2.24, 2.45) is 5.73 Å². The molecule has 3 atom stereocenters. The number of amides is 2. The van der Waals surface area contributed by atoms with Crippen LogP contribution in [0.2, 0.25) is 20.1 Å². The first-order chi connectivity index (χ1) is 16.6. The Morgan fingerprint density at radius 3 is 2.23 bits per heavy atom. The molecular weight excluding hydrogens is 528 g/mol. The summed E-state index contributed by atoms with van der Waals surface area (Å²) in [5.41, 5.74) is 8.16. The molecule has 0 radical (unpaired) electrons. The van der Waals surface area contributed by atoms with Gasteiger partial charge in [0.25, 0.3) is 0 Å². The second-order valence-corrected chi connectivity index (χ2v) is 10.7. The van der Waals surface area contributed by atoms with Crippen LogP contribution in [0, 0.1) is 0 Å². The molecule has 0 aliphatic carbocycles. The zero-order chi connectivity index (χ0) is 25.7. The third-order valence-electron chi connectivity index (χ3n) is 6.43. The molecule has 1 heterocycles. The maximum atomic E-state index is 13.6. The molecule has 9 heteroatoms. The van der Waals surface area contributed by atoms with Crippen LogP contribution in [-0.2, 0) is 22.4 Å². The van der Waals surface area contributed by atoms with Crippen molar-refractivity contribution in [1.82, 2.24) is 9.80 Å². The number of piperazine rings is 1. The minimum absolute atomic E-state index is 0.0349. The van der Waals surface area contributed by atoms with E-state index in [1.807, 2.05) is 30.0 Å². The van der Waals surface area contributed by atoms with Crippen LogP contribution in [0.15, 0.2) is 36.4 Å². The molecule has 1 aliphatic rings. The third-order valence-corrected chi connectivity index (χ3v) is 7.91. The van der Waals surface area contributed by atoms with E-state index in [1.165, 1.54) is 0 Å². The number of nitrogens with zero attached hydrogens (tertiary/aromatic N) is 2. The van der Waals surface area contributed by atoms with Crippen molar-refractivity contribution in [2.75, 3.05) is 13.1 Å². The highest BCUT2D eigenvalue weighted by Gasteiger charge is 2.41. The second kappa shape index (κ2) is 12.6. The van der Waals surface area contributed by atoms with E-state index < -0.39 is 12.1 Å². The summed E-state index contributed by atoms with van der Waals surface area (Å²) in [5, 5.41) is 1.87. The van der Waals surface area contributed by atoms with Gasteiger partial charge in [-0.1, -0.05) is 78.3 Å². The molecule has 0 spiro atoms. The Bertz CT molecular complexity index is 1060. The molecule has 1 saturated heterocycles. The lowest BCUT2D eigenvalue weighted by Crippen LogP contribution is -2.64. The summed E-state index contributed by atoms with van der Waals surface area (Å²) >= 11 is 24.3. The minimum atomic E-state index is -0.779. The number of carbonyl (C=O) groups excluding carboxylic acids is 2. The van der Waals surface area contributed by atoms with Gasteiger partial charge in [0.05, 0.1) is 26.1 Å². The predicted octanol–water partition coefficient (Wildman–Crippen LogP) is 6.03. The van der Waals surface area contributed by atoms with E-state index in [-0.39, 0.29) is 17.9 Å². The molecule has 5 nitrogen and oxygen atoms in total. The molecule has 3 rings (SSSR count). The van der Waals surface area contributed by atoms with Gasteiger partial charge in [0.15, 0.2) is 0 Å². The summed E-state index contributed by atoms with van der Waals surface area (Å²) < 4.78 is 0. The quantitative estimate of drug-likeness (QED) is 0.408. The van der Waals surface area contributed by atoms with E-state index >= 15 is 0 Å². The molecule has 2 aromatic carbocycles. The van der Waals surface area contributed by atoms with Gasteiger partial charge in [0.1, 0.15) is 6.04 Å². The first kappa shape index (κ1) is 28.1. The minimum Gasteiger partial charge on any atom is -0.336 e. The Balaban J connectivity index is 1.73. The van der Waals surface area contributed by atoms with Crippen molar-refractivity contribution in [2.45, 2.75) is 64.1 Å². The van der Waals surface area contributed by atoms with E-state index in [9.17, 15) is 9.59 Å². The van der Waals surface area contributed by atoms with Crippen molar-refractivity contribution in [3.63, 3.8) is 0 Å². The molecule has 35 heavy (non-hydrogen) atoms. The lowest BCUT2D eigenvalue weighted by atomic mass is 9.97. The monoisotopic (exact) mass is 557 g/mol. The van der Waals surface area contributed by atoms with Gasteiger partial charge < -0.3 is 15.5 Å². The molecule has 0 bridgehead atoms. The molecule has 0 saturated carbocycles. The standard InChI is InChI=1S/C26H31Cl4N3O2/c1-3-4-5-24-26(35)32(11-10-17-6-8-19(27)21(29)12-17)16(2)15-33(24)25(34)23(31)14-18-7-9-20(28)22(30)13-18/h6-9,12-13,16,23-24H,3-5,10-11,14-15,31H2,1-2H3/t16-,23-,24+/m1/s1. The Hall–Kier alpha value is -1.50. The zero-order valence-corrected chi connectivity index (χ0v) is 23.0. The summed E-state index contributed by atoms with van der Waals surface area (Å²) in [6, 6.07) is 9.30. The first-order valence-electron chi connectivity index (χ1n) is 11.9. The van der Waals surface area contributed by atoms with E-state index in [2.05, 4.69) is 6.92 Å². The van der Waals surface area contributed by atoms with Gasteiger partial charge >= 0.3 is 0 Å². The molecule has 1 fully saturated rings. The molecule has 1 aliphatic heterocycles. The van der Waals surface area contributed by atoms with Crippen LogP contribution in [0.25, 0.3) is 0 Å². The lowest BCUT2D eigenvalue weighted by molar-refractivity contribution is -0.155. The van der Waals surface area contributed by atoms with Crippen LogP contribution in [0.5, 0.6) is 0 Å². The van der Waals surface area contributed by atoms with Gasteiger partial charge in [-0.25, -0.2) is 0 Å². The molecular formula is C26H31Cl4N3O2. The number of halogens is 4. The van der Waals surface area contributed by atoms with Crippen molar-refractivity contribution < 1.29 is 9.59 Å².